The van der Waals surface area contributed by atoms with Crippen LogP contribution in [0, 0.1) is 5.41 Å². The number of nitrogens with zero attached hydrogens (tertiary/aromatic N) is 5. The van der Waals surface area contributed by atoms with Crippen LogP contribution < -0.4 is 0 Å². The summed E-state index contributed by atoms with van der Waals surface area (Å²) in [4.78, 5) is 13.0. The molecule has 40 heavy (non-hydrogen) atoms. The van der Waals surface area contributed by atoms with Crippen LogP contribution in [0.2, 0.25) is 0 Å². The molecule has 7 heteroatoms. The normalized spacial score (nSPS) is 11.8. The lowest BCUT2D eigenvalue weighted by Crippen LogP contribution is -2.09. The molecule has 0 bridgehead atoms. The fraction of sp³-hybridized carbons (Fsp3) is 0.394. The topological polar surface area (TPSA) is 56.0 Å². The van der Waals surface area contributed by atoms with Crippen molar-refractivity contribution in [3.8, 4) is 0 Å². The first-order valence-electron chi connectivity index (χ1n) is 13.6. The predicted molar refractivity (Wildman–Crippen MR) is 175 cm³/mol. The Labute approximate surface area is 247 Å². The zero-order valence-corrected chi connectivity index (χ0v) is 27.2. The van der Waals surface area contributed by atoms with Crippen LogP contribution in [0.3, 0.4) is 0 Å². The van der Waals surface area contributed by atoms with Crippen molar-refractivity contribution >= 4 is 48.9 Å². The maximum atomic E-state index is 4.49. The standard InChI is InChI=1S/C11H14N2.C10H12N2S.C7H5NS.C5H12/c1-11(2,3)9-7-10-12-5-4-6-13(10)8-9;1-10(2,3)9-12-8-7(13-9)5-4-6-11-8;1-2-4-7-6(3-1)5-8-9-7;1-5(2,3)4/h4-8H,1-3H3;4-6H,1-3H3;1-5H;1-4H3. The summed E-state index contributed by atoms with van der Waals surface area (Å²) in [5, 5.41) is 2.39. The molecule has 0 radical (unpaired) electrons. The van der Waals surface area contributed by atoms with Crippen LogP contribution in [0.15, 0.2) is 79.5 Å². The summed E-state index contributed by atoms with van der Waals surface area (Å²) in [5.74, 6) is 0. The molecular weight excluding hydrogens is 531 g/mol. The predicted octanol–water partition coefficient (Wildman–Crippen LogP) is 9.97. The summed E-state index contributed by atoms with van der Waals surface area (Å²) >= 11 is 3.27. The number of benzene rings is 1. The summed E-state index contributed by atoms with van der Waals surface area (Å²) in [6.45, 7) is 21.9. The third-order valence-electron chi connectivity index (χ3n) is 5.30. The van der Waals surface area contributed by atoms with Gasteiger partial charge in [-0.3, -0.25) is 0 Å². The van der Waals surface area contributed by atoms with E-state index in [4.69, 9.17) is 0 Å². The molecule has 0 spiro atoms. The molecule has 6 rings (SSSR count). The van der Waals surface area contributed by atoms with Crippen molar-refractivity contribution in [1.82, 2.24) is 23.7 Å². The van der Waals surface area contributed by atoms with Gasteiger partial charge in [-0.2, -0.15) is 4.37 Å². The molecule has 0 saturated heterocycles. The monoisotopic (exact) mass is 573 g/mol. The molecule has 0 unspecified atom stereocenters. The van der Waals surface area contributed by atoms with E-state index in [1.165, 1.54) is 31.9 Å². The summed E-state index contributed by atoms with van der Waals surface area (Å²) in [7, 11) is 0. The van der Waals surface area contributed by atoms with Gasteiger partial charge in [0.05, 0.1) is 9.40 Å². The highest BCUT2D eigenvalue weighted by atomic mass is 32.1. The Kier molecular flexibility index (Phi) is 10.2. The molecule has 0 saturated carbocycles. The Morgan fingerprint density at radius 1 is 0.725 bits per heavy atom. The van der Waals surface area contributed by atoms with Gasteiger partial charge in [-0.25, -0.2) is 15.0 Å². The highest BCUT2D eigenvalue weighted by molar-refractivity contribution is 7.18. The van der Waals surface area contributed by atoms with Gasteiger partial charge in [0, 0.05) is 41.8 Å². The zero-order valence-electron chi connectivity index (χ0n) is 25.6. The second-order valence-corrected chi connectivity index (χ2v) is 15.2. The summed E-state index contributed by atoms with van der Waals surface area (Å²) in [6.07, 6.45) is 9.66. The first-order chi connectivity index (χ1) is 18.6. The van der Waals surface area contributed by atoms with Crippen LogP contribution in [0.5, 0.6) is 0 Å². The molecule has 0 N–H and O–H groups in total. The van der Waals surface area contributed by atoms with Gasteiger partial charge in [-0.15, -0.1) is 11.3 Å². The van der Waals surface area contributed by atoms with Crippen molar-refractivity contribution in [2.75, 3.05) is 0 Å². The molecule has 0 atom stereocenters. The molecule has 1 aromatic carbocycles. The number of fused-ring (bicyclic) bond motifs is 3. The van der Waals surface area contributed by atoms with Crippen molar-refractivity contribution in [2.45, 2.75) is 80.1 Å². The smallest absolute Gasteiger partial charge is 0.170 e. The largest absolute Gasteiger partial charge is 0.308 e. The maximum Gasteiger partial charge on any atom is 0.170 e. The van der Waals surface area contributed by atoms with E-state index >= 15 is 0 Å². The minimum atomic E-state index is 0.130. The number of hydrogen-bond donors (Lipinski definition) is 0. The average molecular weight is 574 g/mol. The van der Waals surface area contributed by atoms with Crippen LogP contribution in [-0.2, 0) is 10.8 Å². The Balaban J connectivity index is 0.000000155. The number of thiazole rings is 1. The van der Waals surface area contributed by atoms with Crippen molar-refractivity contribution < 1.29 is 0 Å². The average Bonchev–Trinajstić information content (AvgIpc) is 3.60. The lowest BCUT2D eigenvalue weighted by molar-refractivity contribution is 0.469. The highest BCUT2D eigenvalue weighted by Crippen LogP contribution is 2.29. The van der Waals surface area contributed by atoms with Crippen LogP contribution >= 0.6 is 22.9 Å². The molecule has 212 valence electrons. The van der Waals surface area contributed by atoms with Gasteiger partial charge in [0.2, 0.25) is 0 Å². The van der Waals surface area contributed by atoms with Gasteiger partial charge in [0.25, 0.3) is 0 Å². The molecular formula is C33H43N5S2. The number of hydrogen-bond acceptors (Lipinski definition) is 6. The highest BCUT2D eigenvalue weighted by Gasteiger charge is 2.18. The Bertz CT molecular complexity index is 1440. The van der Waals surface area contributed by atoms with E-state index in [0.29, 0.717) is 5.41 Å². The van der Waals surface area contributed by atoms with Crippen molar-refractivity contribution in [2.24, 2.45) is 5.41 Å². The Morgan fingerprint density at radius 3 is 1.98 bits per heavy atom. The van der Waals surface area contributed by atoms with Gasteiger partial charge in [0.1, 0.15) is 10.7 Å². The maximum absolute atomic E-state index is 4.49. The molecule has 0 aliphatic carbocycles. The van der Waals surface area contributed by atoms with Crippen molar-refractivity contribution in [1.29, 1.82) is 0 Å². The first-order valence-corrected chi connectivity index (χ1v) is 15.1. The van der Waals surface area contributed by atoms with Crippen LogP contribution in [0.25, 0.3) is 26.1 Å². The molecule has 6 aromatic rings. The quantitative estimate of drug-likeness (QED) is 0.181. The molecule has 5 nitrogen and oxygen atoms in total. The fourth-order valence-corrected chi connectivity index (χ4v) is 4.88. The van der Waals surface area contributed by atoms with E-state index in [0.717, 1.165) is 16.3 Å². The first kappa shape index (κ1) is 31.4. The third kappa shape index (κ3) is 9.79. The van der Waals surface area contributed by atoms with Gasteiger partial charge < -0.3 is 4.40 Å². The Hall–Kier alpha value is -3.16. The van der Waals surface area contributed by atoms with Gasteiger partial charge in [-0.05, 0) is 58.3 Å². The zero-order chi connectivity index (χ0) is 29.6. The van der Waals surface area contributed by atoms with E-state index in [-0.39, 0.29) is 10.8 Å². The van der Waals surface area contributed by atoms with Gasteiger partial charge in [-0.1, -0.05) is 87.4 Å². The fourth-order valence-electron chi connectivity index (χ4n) is 3.25. The van der Waals surface area contributed by atoms with E-state index < -0.39 is 0 Å². The van der Waals surface area contributed by atoms with Crippen LogP contribution in [0.1, 0.15) is 79.8 Å². The molecule has 0 amide bonds. The van der Waals surface area contributed by atoms with E-state index in [9.17, 15) is 0 Å². The van der Waals surface area contributed by atoms with E-state index in [1.807, 2.05) is 42.9 Å². The second-order valence-electron chi connectivity index (χ2n) is 13.3. The number of pyridine rings is 1. The van der Waals surface area contributed by atoms with Crippen LogP contribution in [-0.4, -0.2) is 23.7 Å². The lowest BCUT2D eigenvalue weighted by atomic mass is 9.89. The minimum Gasteiger partial charge on any atom is -0.308 e. The second kappa shape index (κ2) is 13.0. The van der Waals surface area contributed by atoms with Crippen molar-refractivity contribution in [3.05, 3.63) is 90.1 Å². The van der Waals surface area contributed by atoms with Gasteiger partial charge in [0.15, 0.2) is 5.65 Å². The van der Waals surface area contributed by atoms with Crippen molar-refractivity contribution in [3.63, 3.8) is 0 Å². The van der Waals surface area contributed by atoms with Crippen LogP contribution in [0.4, 0.5) is 0 Å². The van der Waals surface area contributed by atoms with E-state index in [1.54, 1.807) is 17.5 Å². The van der Waals surface area contributed by atoms with E-state index in [2.05, 4.69) is 123 Å². The van der Waals surface area contributed by atoms with Gasteiger partial charge >= 0.3 is 0 Å². The molecule has 5 heterocycles. The summed E-state index contributed by atoms with van der Waals surface area (Å²) < 4.78 is 8.53. The lowest BCUT2D eigenvalue weighted by Gasteiger charge is -2.15. The molecule has 0 aliphatic rings. The molecule has 0 aliphatic heterocycles. The number of rotatable bonds is 0. The molecule has 0 fully saturated rings. The third-order valence-corrected chi connectivity index (χ3v) is 7.52. The SMILES string of the molecule is CC(C)(C)C.CC(C)(C)c1cc2ncccn2c1.CC(C)(C)c1nc2ncccc2s1.c1ccc2sncc2c1. The summed E-state index contributed by atoms with van der Waals surface area (Å²) in [5.41, 5.74) is 4.05. The molecule has 5 aromatic heterocycles. The number of aromatic nitrogens is 5. The summed E-state index contributed by atoms with van der Waals surface area (Å²) in [6, 6.07) is 16.3. The minimum absolute atomic E-state index is 0.130. The Morgan fingerprint density at radius 2 is 1.38 bits per heavy atom.